The van der Waals surface area contributed by atoms with E-state index in [1.165, 1.54) is 6.07 Å². The number of hydrogen-bond acceptors (Lipinski definition) is 7. The van der Waals surface area contributed by atoms with E-state index >= 15 is 0 Å². The van der Waals surface area contributed by atoms with E-state index in [0.29, 0.717) is 5.65 Å². The lowest BCUT2D eigenvalue weighted by molar-refractivity contribution is -0.118. The number of fused-ring (bicyclic) bond motifs is 3. The maximum atomic E-state index is 12.9. The van der Waals surface area contributed by atoms with Gasteiger partial charge >= 0.3 is 10.1 Å². The third-order valence-electron chi connectivity index (χ3n) is 7.42. The smallest absolute Gasteiger partial charge is 0.348 e. The van der Waals surface area contributed by atoms with Crippen LogP contribution in [0.5, 0.6) is 5.75 Å². The zero-order valence-corrected chi connectivity index (χ0v) is 25.0. The molecule has 7 aromatic rings. The molecule has 44 heavy (non-hydrogen) atoms. The van der Waals surface area contributed by atoms with Gasteiger partial charge < -0.3 is 18.6 Å². The standard InChI is InChI=1S/C33H25N5O4S2/c1-37(29(39)20-38-16-15-34-21-38)24-11-9-22(10-12-24)27-19-35-33-32(31(27)23-6-3-2-4-7-23)26-18-25(13-14-28(26)36-33)42-44(40,41)30-8-5-17-43-30/h2-19,21H,20H2,1H3,(H,35,36). The summed E-state index contributed by atoms with van der Waals surface area (Å²) in [7, 11) is -2.21. The van der Waals surface area contributed by atoms with Crippen molar-refractivity contribution >= 4 is 55.0 Å². The van der Waals surface area contributed by atoms with Crippen LogP contribution in [0.2, 0.25) is 0 Å². The first kappa shape index (κ1) is 27.6. The van der Waals surface area contributed by atoms with Gasteiger partial charge in [0, 0.05) is 58.7 Å². The van der Waals surface area contributed by atoms with Gasteiger partial charge in [0.25, 0.3) is 0 Å². The molecule has 0 aliphatic carbocycles. The number of likely N-dealkylation sites (N-methyl/N-ethyl adjacent to an activating group) is 1. The maximum absolute atomic E-state index is 12.9. The average Bonchev–Trinajstić information content (AvgIpc) is 3.83. The largest absolute Gasteiger partial charge is 0.378 e. The molecule has 0 fully saturated rings. The van der Waals surface area contributed by atoms with Crippen LogP contribution >= 0.6 is 11.3 Å². The Morgan fingerprint density at radius 1 is 1.00 bits per heavy atom. The van der Waals surface area contributed by atoms with Crippen LogP contribution in [-0.2, 0) is 21.5 Å². The highest BCUT2D eigenvalue weighted by Crippen LogP contribution is 2.41. The molecular formula is C33H25N5O4S2. The first-order valence-corrected chi connectivity index (χ1v) is 16.0. The van der Waals surface area contributed by atoms with E-state index in [9.17, 15) is 13.2 Å². The Morgan fingerprint density at radius 2 is 1.82 bits per heavy atom. The molecule has 0 saturated heterocycles. The topological polar surface area (TPSA) is 110 Å². The van der Waals surface area contributed by atoms with Gasteiger partial charge in [-0.2, -0.15) is 8.42 Å². The summed E-state index contributed by atoms with van der Waals surface area (Å²) in [5, 5.41) is 3.33. The van der Waals surface area contributed by atoms with Gasteiger partial charge in [0.2, 0.25) is 5.91 Å². The third-order valence-corrected chi connectivity index (χ3v) is 10.0. The molecule has 9 nitrogen and oxygen atoms in total. The minimum Gasteiger partial charge on any atom is -0.378 e. The Balaban J connectivity index is 1.32. The number of thiophene rings is 1. The first-order chi connectivity index (χ1) is 21.4. The number of rotatable bonds is 8. The SMILES string of the molecule is CN(C(=O)Cn1ccnc1)c1ccc(-c2cnc3[nH]c4ccc(OS(=O)(=O)c5cccs5)cc4c3c2-c2ccccc2)cc1. The molecule has 0 aliphatic rings. The van der Waals surface area contributed by atoms with Gasteiger partial charge in [-0.05, 0) is 52.9 Å². The number of aromatic amines is 1. The van der Waals surface area contributed by atoms with Crippen molar-refractivity contribution in [3.8, 4) is 28.0 Å². The zero-order valence-electron chi connectivity index (χ0n) is 23.4. The summed E-state index contributed by atoms with van der Waals surface area (Å²) in [5.74, 6) is 0.144. The summed E-state index contributed by atoms with van der Waals surface area (Å²) in [5.41, 5.74) is 5.95. The second kappa shape index (κ2) is 11.1. The van der Waals surface area contributed by atoms with Crippen molar-refractivity contribution in [2.45, 2.75) is 10.8 Å². The van der Waals surface area contributed by atoms with Crippen molar-refractivity contribution < 1.29 is 17.4 Å². The molecule has 7 rings (SSSR count). The molecule has 4 heterocycles. The molecule has 0 saturated carbocycles. The molecule has 3 aromatic carbocycles. The van der Waals surface area contributed by atoms with Gasteiger partial charge in [-0.1, -0.05) is 48.5 Å². The fraction of sp³-hybridized carbons (Fsp3) is 0.0606. The minimum atomic E-state index is -3.96. The first-order valence-electron chi connectivity index (χ1n) is 13.7. The van der Waals surface area contributed by atoms with Crippen molar-refractivity contribution in [1.29, 1.82) is 0 Å². The van der Waals surface area contributed by atoms with E-state index in [1.54, 1.807) is 64.9 Å². The van der Waals surface area contributed by atoms with Crippen LogP contribution in [0.1, 0.15) is 0 Å². The highest BCUT2D eigenvalue weighted by molar-refractivity contribution is 7.89. The Hall–Kier alpha value is -5.26. The lowest BCUT2D eigenvalue weighted by atomic mass is 9.92. The summed E-state index contributed by atoms with van der Waals surface area (Å²) < 4.78 is 33.1. The molecule has 0 unspecified atom stereocenters. The van der Waals surface area contributed by atoms with Crippen LogP contribution < -0.4 is 9.08 Å². The van der Waals surface area contributed by atoms with Crippen molar-refractivity contribution in [3.63, 3.8) is 0 Å². The number of carbonyl (C=O) groups excluding carboxylic acids is 1. The maximum Gasteiger partial charge on any atom is 0.348 e. The predicted octanol–water partition coefficient (Wildman–Crippen LogP) is 6.74. The van der Waals surface area contributed by atoms with Gasteiger partial charge in [-0.15, -0.1) is 11.3 Å². The molecule has 0 spiro atoms. The number of nitrogens with zero attached hydrogens (tertiary/aromatic N) is 4. The normalized spacial score (nSPS) is 11.7. The van der Waals surface area contributed by atoms with Gasteiger partial charge in [0.05, 0.1) is 6.33 Å². The van der Waals surface area contributed by atoms with E-state index in [1.807, 2.05) is 60.8 Å². The number of pyridine rings is 1. The predicted molar refractivity (Wildman–Crippen MR) is 172 cm³/mol. The van der Waals surface area contributed by atoms with E-state index < -0.39 is 10.1 Å². The summed E-state index contributed by atoms with van der Waals surface area (Å²) in [6.45, 7) is 0.192. The number of H-pyrrole nitrogens is 1. The number of aromatic nitrogens is 4. The van der Waals surface area contributed by atoms with Crippen LogP contribution in [0.25, 0.3) is 44.2 Å². The summed E-state index contributed by atoms with van der Waals surface area (Å²) in [6.07, 6.45) is 6.85. The van der Waals surface area contributed by atoms with Gasteiger partial charge in [0.1, 0.15) is 17.9 Å². The van der Waals surface area contributed by atoms with E-state index in [2.05, 4.69) is 9.97 Å². The molecule has 11 heteroatoms. The number of amides is 1. The van der Waals surface area contributed by atoms with Crippen molar-refractivity contribution in [2.24, 2.45) is 0 Å². The van der Waals surface area contributed by atoms with Crippen LogP contribution in [0, 0.1) is 0 Å². The van der Waals surface area contributed by atoms with Crippen molar-refractivity contribution in [3.05, 3.63) is 115 Å². The van der Waals surface area contributed by atoms with Crippen LogP contribution in [-0.4, -0.2) is 40.9 Å². The number of nitrogens with one attached hydrogen (secondary N) is 1. The Bertz CT molecular complexity index is 2210. The molecule has 1 N–H and O–H groups in total. The summed E-state index contributed by atoms with van der Waals surface area (Å²) >= 11 is 1.11. The fourth-order valence-electron chi connectivity index (χ4n) is 5.23. The fourth-order valence-corrected chi connectivity index (χ4v) is 7.11. The van der Waals surface area contributed by atoms with Gasteiger partial charge in [-0.25, -0.2) is 9.97 Å². The number of imidazole rings is 1. The number of benzene rings is 3. The highest BCUT2D eigenvalue weighted by Gasteiger charge is 2.21. The average molecular weight is 620 g/mol. The molecule has 0 bridgehead atoms. The Morgan fingerprint density at radius 3 is 2.55 bits per heavy atom. The molecular weight excluding hydrogens is 595 g/mol. The van der Waals surface area contributed by atoms with Gasteiger partial charge in [0.15, 0.2) is 4.21 Å². The number of carbonyl (C=O) groups is 1. The molecule has 0 aliphatic heterocycles. The zero-order chi connectivity index (χ0) is 30.3. The Kier molecular flexibility index (Phi) is 6.96. The lowest BCUT2D eigenvalue weighted by Crippen LogP contribution is -2.29. The van der Waals surface area contributed by atoms with Gasteiger partial charge in [-0.3, -0.25) is 4.79 Å². The molecule has 1 amide bonds. The van der Waals surface area contributed by atoms with Crippen molar-refractivity contribution in [1.82, 2.24) is 19.5 Å². The second-order valence-corrected chi connectivity index (χ2v) is 12.9. The summed E-state index contributed by atoms with van der Waals surface area (Å²) in [6, 6.07) is 26.1. The van der Waals surface area contributed by atoms with Crippen LogP contribution in [0.3, 0.4) is 0 Å². The molecule has 4 aromatic heterocycles. The van der Waals surface area contributed by atoms with E-state index in [4.69, 9.17) is 9.17 Å². The Labute approximate surface area is 257 Å². The molecule has 0 radical (unpaired) electrons. The molecule has 218 valence electrons. The van der Waals surface area contributed by atoms with Crippen LogP contribution in [0.4, 0.5) is 5.69 Å². The third kappa shape index (κ3) is 5.12. The van der Waals surface area contributed by atoms with E-state index in [-0.39, 0.29) is 22.4 Å². The highest BCUT2D eigenvalue weighted by atomic mass is 32.3. The number of hydrogen-bond donors (Lipinski definition) is 1. The quantitative estimate of drug-likeness (QED) is 0.189. The second-order valence-electron chi connectivity index (χ2n) is 10.2. The monoisotopic (exact) mass is 619 g/mol. The number of anilines is 1. The summed E-state index contributed by atoms with van der Waals surface area (Å²) in [4.78, 5) is 26.6. The minimum absolute atomic E-state index is 0.0679. The lowest BCUT2D eigenvalue weighted by Gasteiger charge is -2.18. The van der Waals surface area contributed by atoms with Crippen molar-refractivity contribution in [2.75, 3.05) is 11.9 Å². The van der Waals surface area contributed by atoms with Crippen LogP contribution in [0.15, 0.2) is 119 Å². The molecule has 0 atom stereocenters. The van der Waals surface area contributed by atoms with E-state index in [0.717, 1.165) is 55.6 Å².